The van der Waals surface area contributed by atoms with Crippen molar-refractivity contribution < 1.29 is 13.5 Å². The van der Waals surface area contributed by atoms with Gasteiger partial charge in [-0.15, -0.1) is 24.0 Å². The van der Waals surface area contributed by atoms with E-state index >= 15 is 0 Å². The van der Waals surface area contributed by atoms with Gasteiger partial charge in [-0.25, -0.2) is 8.42 Å². The monoisotopic (exact) mass is 431 g/mol. The van der Waals surface area contributed by atoms with Crippen molar-refractivity contribution in [3.63, 3.8) is 0 Å². The molecular formula is C13H26IN3O3S. The zero-order valence-electron chi connectivity index (χ0n) is 12.5. The van der Waals surface area contributed by atoms with Gasteiger partial charge in [0.1, 0.15) is 0 Å². The number of hydrogen-bond acceptors (Lipinski definition) is 4. The minimum Gasteiger partial charge on any atom is -0.395 e. The second-order valence-corrected chi connectivity index (χ2v) is 8.19. The highest BCUT2D eigenvalue weighted by molar-refractivity contribution is 14.0. The molecule has 0 radical (unpaired) electrons. The van der Waals surface area contributed by atoms with E-state index in [4.69, 9.17) is 5.11 Å². The molecule has 2 N–H and O–H groups in total. The summed E-state index contributed by atoms with van der Waals surface area (Å²) in [6, 6.07) is 0. The lowest BCUT2D eigenvalue weighted by Crippen LogP contribution is -2.60. The molecule has 0 bridgehead atoms. The van der Waals surface area contributed by atoms with Crippen molar-refractivity contribution in [3.05, 3.63) is 0 Å². The van der Waals surface area contributed by atoms with Crippen molar-refractivity contribution >= 4 is 39.8 Å². The fraction of sp³-hybridized carbons (Fsp3) is 0.923. The van der Waals surface area contributed by atoms with Crippen LogP contribution in [-0.2, 0) is 9.84 Å². The molecule has 1 aliphatic heterocycles. The molecule has 1 spiro atoms. The van der Waals surface area contributed by atoms with E-state index < -0.39 is 14.6 Å². The number of guanidine groups is 1. The van der Waals surface area contributed by atoms with Crippen molar-refractivity contribution in [1.82, 2.24) is 10.2 Å². The maximum Gasteiger partial charge on any atom is 0.193 e. The lowest BCUT2D eigenvalue weighted by molar-refractivity contribution is 0.268. The normalized spacial score (nSPS) is 24.5. The third kappa shape index (κ3) is 4.01. The standard InChI is InChI=1S/C13H25N3O3S.HI/c1-14-12(15-7-9-17)16-8-10-20(18,19)13(11-16)5-3-2-4-6-13;/h17H,2-11H2,1H3,(H,14,15);1H. The number of aliphatic imine (C=N–C) groups is 1. The van der Waals surface area contributed by atoms with Gasteiger partial charge in [-0.3, -0.25) is 4.99 Å². The van der Waals surface area contributed by atoms with Gasteiger partial charge in [-0.1, -0.05) is 19.3 Å². The van der Waals surface area contributed by atoms with Gasteiger partial charge in [0.25, 0.3) is 0 Å². The van der Waals surface area contributed by atoms with Gasteiger partial charge in [-0.2, -0.15) is 0 Å². The molecule has 0 amide bonds. The minimum absolute atomic E-state index is 0. The Labute approximate surface area is 144 Å². The lowest BCUT2D eigenvalue weighted by Gasteiger charge is -2.45. The Hall–Kier alpha value is -0.0900. The van der Waals surface area contributed by atoms with E-state index in [1.54, 1.807) is 7.05 Å². The van der Waals surface area contributed by atoms with E-state index in [1.807, 2.05) is 4.90 Å². The molecule has 21 heavy (non-hydrogen) atoms. The highest BCUT2D eigenvalue weighted by Crippen LogP contribution is 2.38. The van der Waals surface area contributed by atoms with Crippen LogP contribution < -0.4 is 5.32 Å². The molecule has 2 fully saturated rings. The van der Waals surface area contributed by atoms with Crippen LogP contribution in [0.1, 0.15) is 32.1 Å². The molecule has 0 aromatic rings. The number of sulfone groups is 1. The van der Waals surface area contributed by atoms with Gasteiger partial charge in [-0.05, 0) is 12.8 Å². The van der Waals surface area contributed by atoms with Crippen molar-refractivity contribution in [3.8, 4) is 0 Å². The van der Waals surface area contributed by atoms with Crippen LogP contribution in [0.3, 0.4) is 0 Å². The molecule has 1 saturated heterocycles. The average Bonchev–Trinajstić information content (AvgIpc) is 2.45. The first-order valence-corrected chi connectivity index (χ1v) is 8.99. The molecule has 1 saturated carbocycles. The molecule has 1 aliphatic carbocycles. The molecule has 0 atom stereocenters. The molecule has 8 heteroatoms. The van der Waals surface area contributed by atoms with Gasteiger partial charge in [0.15, 0.2) is 15.8 Å². The Morgan fingerprint density at radius 2 is 2.00 bits per heavy atom. The summed E-state index contributed by atoms with van der Waals surface area (Å²) in [7, 11) is -1.32. The van der Waals surface area contributed by atoms with Gasteiger partial charge in [0.2, 0.25) is 0 Å². The number of aliphatic hydroxyl groups excluding tert-OH is 1. The summed E-state index contributed by atoms with van der Waals surface area (Å²) in [5, 5.41) is 12.0. The quantitative estimate of drug-likeness (QED) is 0.380. The number of rotatable bonds is 2. The van der Waals surface area contributed by atoms with Crippen molar-refractivity contribution in [1.29, 1.82) is 0 Å². The minimum atomic E-state index is -3.02. The fourth-order valence-electron chi connectivity index (χ4n) is 3.32. The summed E-state index contributed by atoms with van der Waals surface area (Å²) in [6.45, 7) is 1.48. The van der Waals surface area contributed by atoms with Gasteiger partial charge in [0.05, 0.1) is 17.1 Å². The van der Waals surface area contributed by atoms with Crippen LogP contribution in [-0.4, -0.2) is 68.2 Å². The predicted octanol–water partition coefficient (Wildman–Crippen LogP) is 0.605. The van der Waals surface area contributed by atoms with Crippen molar-refractivity contribution in [2.75, 3.05) is 39.0 Å². The molecule has 124 valence electrons. The van der Waals surface area contributed by atoms with Crippen molar-refractivity contribution in [2.24, 2.45) is 4.99 Å². The molecule has 6 nitrogen and oxygen atoms in total. The van der Waals surface area contributed by atoms with E-state index in [2.05, 4.69) is 10.3 Å². The van der Waals surface area contributed by atoms with Crippen LogP contribution in [0.25, 0.3) is 0 Å². The van der Waals surface area contributed by atoms with Crippen LogP contribution in [0, 0.1) is 0 Å². The first-order chi connectivity index (χ1) is 9.54. The van der Waals surface area contributed by atoms with E-state index in [1.165, 1.54) is 0 Å². The molecule has 0 unspecified atom stereocenters. The van der Waals surface area contributed by atoms with Gasteiger partial charge in [0, 0.05) is 26.7 Å². The topological polar surface area (TPSA) is 82.0 Å². The maximum absolute atomic E-state index is 12.5. The van der Waals surface area contributed by atoms with Gasteiger partial charge < -0.3 is 15.3 Å². The zero-order valence-corrected chi connectivity index (χ0v) is 15.7. The summed E-state index contributed by atoms with van der Waals surface area (Å²) in [6.07, 6.45) is 4.66. The third-order valence-electron chi connectivity index (χ3n) is 4.44. The molecule has 2 rings (SSSR count). The fourth-order valence-corrected chi connectivity index (χ4v) is 5.48. The van der Waals surface area contributed by atoms with Crippen LogP contribution in [0.2, 0.25) is 0 Å². The first-order valence-electron chi connectivity index (χ1n) is 7.33. The highest BCUT2D eigenvalue weighted by atomic mass is 127. The number of nitrogens with one attached hydrogen (secondary N) is 1. The van der Waals surface area contributed by atoms with Crippen molar-refractivity contribution in [2.45, 2.75) is 36.9 Å². The summed E-state index contributed by atoms with van der Waals surface area (Å²) in [5.41, 5.74) is 0. The summed E-state index contributed by atoms with van der Waals surface area (Å²) in [5.74, 6) is 0.895. The summed E-state index contributed by atoms with van der Waals surface area (Å²) < 4.78 is 24.4. The Bertz CT molecular complexity index is 461. The van der Waals surface area contributed by atoms with E-state index in [9.17, 15) is 8.42 Å². The summed E-state index contributed by atoms with van der Waals surface area (Å²) in [4.78, 5) is 6.23. The molecule has 1 heterocycles. The Balaban J connectivity index is 0.00000220. The Morgan fingerprint density at radius 3 is 2.57 bits per heavy atom. The second-order valence-electron chi connectivity index (χ2n) is 5.68. The predicted molar refractivity (Wildman–Crippen MR) is 95.0 cm³/mol. The molecular weight excluding hydrogens is 405 g/mol. The first kappa shape index (κ1) is 19.0. The third-order valence-corrected chi connectivity index (χ3v) is 7.02. The number of aliphatic hydroxyl groups is 1. The average molecular weight is 431 g/mol. The molecule has 0 aromatic carbocycles. The van der Waals surface area contributed by atoms with Gasteiger partial charge >= 0.3 is 0 Å². The van der Waals surface area contributed by atoms with Crippen LogP contribution in [0.5, 0.6) is 0 Å². The largest absolute Gasteiger partial charge is 0.395 e. The molecule has 0 aromatic heterocycles. The maximum atomic E-state index is 12.5. The number of nitrogens with zero attached hydrogens (tertiary/aromatic N) is 2. The van der Waals surface area contributed by atoms with E-state index in [-0.39, 0.29) is 36.3 Å². The highest BCUT2D eigenvalue weighted by Gasteiger charge is 2.48. The Kier molecular flexibility index (Phi) is 7.18. The van der Waals surface area contributed by atoms with Crippen LogP contribution >= 0.6 is 24.0 Å². The summed E-state index contributed by atoms with van der Waals surface area (Å²) >= 11 is 0. The Morgan fingerprint density at radius 1 is 1.33 bits per heavy atom. The van der Waals surface area contributed by atoms with E-state index in [0.717, 1.165) is 32.1 Å². The zero-order chi connectivity index (χ0) is 14.6. The van der Waals surface area contributed by atoms with Crippen LogP contribution in [0.4, 0.5) is 0 Å². The van der Waals surface area contributed by atoms with Crippen LogP contribution in [0.15, 0.2) is 4.99 Å². The lowest BCUT2D eigenvalue weighted by atomic mass is 9.87. The smallest absolute Gasteiger partial charge is 0.193 e. The SMILES string of the molecule is CN=C(NCCO)N1CCS(=O)(=O)C2(CCCCC2)C1.I. The molecule has 2 aliphatic rings. The second kappa shape index (κ2) is 7.96. The number of halogens is 1. The van der Waals surface area contributed by atoms with E-state index in [0.29, 0.717) is 25.6 Å². The number of hydrogen-bond donors (Lipinski definition) is 2.